The monoisotopic (exact) mass is 353 g/mol. The Labute approximate surface area is 152 Å². The highest BCUT2D eigenvalue weighted by atomic mass is 16.5. The molecular weight excluding hydrogens is 330 g/mol. The molecule has 26 heavy (non-hydrogen) atoms. The molecule has 2 aromatic rings. The van der Waals surface area contributed by atoms with Crippen LogP contribution < -0.4 is 0 Å². The minimum absolute atomic E-state index is 0.0772. The van der Waals surface area contributed by atoms with Crippen LogP contribution in [0.2, 0.25) is 0 Å². The summed E-state index contributed by atoms with van der Waals surface area (Å²) < 4.78 is 11.2. The van der Waals surface area contributed by atoms with E-state index < -0.39 is 0 Å². The molecule has 1 unspecified atom stereocenters. The third-order valence-electron chi connectivity index (χ3n) is 5.82. The average molecular weight is 353 g/mol. The molecule has 0 bridgehead atoms. The van der Waals surface area contributed by atoms with E-state index in [9.17, 15) is 4.79 Å². The lowest BCUT2D eigenvalue weighted by Crippen LogP contribution is -2.49. The molecule has 1 aromatic heterocycles. The number of hydrogen-bond acceptors (Lipinski definition) is 5. The normalized spacial score (nSPS) is 23.7. The molecule has 6 heteroatoms. The highest BCUT2D eigenvalue weighted by molar-refractivity contribution is 5.94. The maximum absolute atomic E-state index is 12.8. The minimum Gasteiger partial charge on any atom is -0.374 e. The van der Waals surface area contributed by atoms with E-state index >= 15 is 0 Å². The zero-order valence-corrected chi connectivity index (χ0v) is 14.8. The third-order valence-corrected chi connectivity index (χ3v) is 5.82. The van der Waals surface area contributed by atoms with Crippen molar-refractivity contribution in [1.82, 2.24) is 15.0 Å². The number of ether oxygens (including phenoxy) is 1. The van der Waals surface area contributed by atoms with Crippen LogP contribution in [0.15, 0.2) is 28.8 Å². The van der Waals surface area contributed by atoms with Gasteiger partial charge in [-0.1, -0.05) is 11.6 Å². The van der Waals surface area contributed by atoms with Crippen LogP contribution >= 0.6 is 0 Å². The Kier molecular flexibility index (Phi) is 4.00. The Morgan fingerprint density at radius 2 is 1.92 bits per heavy atom. The number of benzene rings is 1. The van der Waals surface area contributed by atoms with Crippen molar-refractivity contribution >= 4 is 5.91 Å². The quantitative estimate of drug-likeness (QED) is 0.844. The minimum atomic E-state index is 0.0772. The predicted molar refractivity (Wildman–Crippen MR) is 94.7 cm³/mol. The molecule has 2 heterocycles. The summed E-state index contributed by atoms with van der Waals surface area (Å²) >= 11 is 0. The molecule has 1 amide bonds. The fourth-order valence-electron chi connectivity index (χ4n) is 3.75. The number of carbonyl (C=O) groups is 1. The molecule has 1 atom stereocenters. The van der Waals surface area contributed by atoms with Gasteiger partial charge < -0.3 is 14.2 Å². The predicted octanol–water partition coefficient (Wildman–Crippen LogP) is 3.26. The Balaban J connectivity index is 1.27. The smallest absolute Gasteiger partial charge is 0.257 e. The summed E-state index contributed by atoms with van der Waals surface area (Å²) in [5.74, 6) is 2.51. The fraction of sp³-hybridized carbons (Fsp3) is 0.550. The van der Waals surface area contributed by atoms with Crippen LogP contribution in [0.4, 0.5) is 0 Å². The molecule has 2 aliphatic carbocycles. The number of nitrogens with zero attached hydrogens (tertiary/aromatic N) is 3. The van der Waals surface area contributed by atoms with E-state index in [0.717, 1.165) is 24.2 Å². The number of aromatic nitrogens is 2. The maximum Gasteiger partial charge on any atom is 0.257 e. The van der Waals surface area contributed by atoms with Gasteiger partial charge in [0, 0.05) is 30.1 Å². The maximum atomic E-state index is 12.8. The highest BCUT2D eigenvalue weighted by Crippen LogP contribution is 2.39. The van der Waals surface area contributed by atoms with E-state index in [0.29, 0.717) is 43.0 Å². The second-order valence-corrected chi connectivity index (χ2v) is 7.66. The average Bonchev–Trinajstić information content (AvgIpc) is 3.37. The summed E-state index contributed by atoms with van der Waals surface area (Å²) in [5, 5.41) is 4.05. The van der Waals surface area contributed by atoms with Crippen LogP contribution in [-0.4, -0.2) is 46.7 Å². The van der Waals surface area contributed by atoms with Crippen molar-refractivity contribution in [2.45, 2.75) is 44.1 Å². The van der Waals surface area contributed by atoms with E-state index in [4.69, 9.17) is 9.26 Å². The Morgan fingerprint density at radius 1 is 1.12 bits per heavy atom. The summed E-state index contributed by atoms with van der Waals surface area (Å²) in [6.07, 6.45) is 6.25. The van der Waals surface area contributed by atoms with Crippen molar-refractivity contribution in [2.24, 2.45) is 5.92 Å². The van der Waals surface area contributed by atoms with Gasteiger partial charge >= 0.3 is 0 Å². The van der Waals surface area contributed by atoms with Crippen LogP contribution in [-0.2, 0) is 4.74 Å². The lowest BCUT2D eigenvalue weighted by atomic mass is 9.80. The van der Waals surface area contributed by atoms with E-state index in [1.807, 2.05) is 29.2 Å². The Hall–Kier alpha value is -2.21. The lowest BCUT2D eigenvalue weighted by molar-refractivity contribution is -0.0659. The molecule has 6 nitrogen and oxygen atoms in total. The first kappa shape index (κ1) is 16.0. The first-order valence-corrected chi connectivity index (χ1v) is 9.63. The number of morpholine rings is 1. The van der Waals surface area contributed by atoms with Gasteiger partial charge in [0.2, 0.25) is 0 Å². The number of hydrogen-bond donors (Lipinski definition) is 0. The van der Waals surface area contributed by atoms with E-state index in [2.05, 4.69) is 10.1 Å². The largest absolute Gasteiger partial charge is 0.374 e. The first-order chi connectivity index (χ1) is 12.8. The van der Waals surface area contributed by atoms with Crippen molar-refractivity contribution < 1.29 is 14.1 Å². The molecule has 1 aromatic carbocycles. The van der Waals surface area contributed by atoms with Gasteiger partial charge in [-0.2, -0.15) is 4.98 Å². The fourth-order valence-corrected chi connectivity index (χ4v) is 3.75. The molecule has 0 radical (unpaired) electrons. The van der Waals surface area contributed by atoms with Gasteiger partial charge in [-0.15, -0.1) is 0 Å². The molecule has 3 fully saturated rings. The standard InChI is InChI=1S/C20H23N3O3/c24-20(23-10-11-25-17(12-23)13-2-1-3-13)16-8-6-15(7-9-16)19-21-18(22-26-19)14-4-5-14/h6-9,13-14,17H,1-5,10-12H2. The first-order valence-electron chi connectivity index (χ1n) is 9.63. The van der Waals surface area contributed by atoms with Crippen molar-refractivity contribution in [3.8, 4) is 11.5 Å². The van der Waals surface area contributed by atoms with Gasteiger partial charge in [0.25, 0.3) is 11.8 Å². The highest BCUT2D eigenvalue weighted by Gasteiger charge is 2.33. The molecule has 0 N–H and O–H groups in total. The van der Waals surface area contributed by atoms with E-state index in [1.54, 1.807) is 0 Å². The summed E-state index contributed by atoms with van der Waals surface area (Å²) in [4.78, 5) is 19.2. The second-order valence-electron chi connectivity index (χ2n) is 7.66. The summed E-state index contributed by atoms with van der Waals surface area (Å²) in [6, 6.07) is 7.49. The third kappa shape index (κ3) is 3.03. The molecule has 2 saturated carbocycles. The van der Waals surface area contributed by atoms with Crippen LogP contribution in [0.1, 0.15) is 54.2 Å². The second kappa shape index (κ2) is 6.50. The van der Waals surface area contributed by atoms with Crippen molar-refractivity contribution in [3.05, 3.63) is 35.7 Å². The Bertz CT molecular complexity index is 793. The molecule has 3 aliphatic rings. The SMILES string of the molecule is O=C(c1ccc(-c2nc(C3CC3)no2)cc1)N1CCOC(C2CCC2)C1. The van der Waals surface area contributed by atoms with Crippen LogP contribution in [0.3, 0.4) is 0 Å². The number of carbonyl (C=O) groups excluding carboxylic acids is 1. The van der Waals surface area contributed by atoms with Gasteiger partial charge in [0.15, 0.2) is 5.82 Å². The topological polar surface area (TPSA) is 68.5 Å². The molecule has 1 saturated heterocycles. The van der Waals surface area contributed by atoms with Crippen molar-refractivity contribution in [3.63, 3.8) is 0 Å². The summed E-state index contributed by atoms with van der Waals surface area (Å²) in [6.45, 7) is 2.01. The van der Waals surface area contributed by atoms with Gasteiger partial charge in [0.1, 0.15) is 0 Å². The number of amides is 1. The van der Waals surface area contributed by atoms with Crippen LogP contribution in [0, 0.1) is 5.92 Å². The lowest BCUT2D eigenvalue weighted by Gasteiger charge is -2.40. The van der Waals surface area contributed by atoms with E-state index in [-0.39, 0.29) is 12.0 Å². The molecule has 5 rings (SSSR count). The molecule has 1 aliphatic heterocycles. The van der Waals surface area contributed by atoms with Crippen LogP contribution in [0.25, 0.3) is 11.5 Å². The van der Waals surface area contributed by atoms with Gasteiger partial charge in [-0.3, -0.25) is 4.79 Å². The van der Waals surface area contributed by atoms with Gasteiger partial charge in [-0.25, -0.2) is 0 Å². The van der Waals surface area contributed by atoms with Crippen molar-refractivity contribution in [2.75, 3.05) is 19.7 Å². The molecular formula is C20H23N3O3. The van der Waals surface area contributed by atoms with Gasteiger partial charge in [-0.05, 0) is 55.9 Å². The Morgan fingerprint density at radius 3 is 2.62 bits per heavy atom. The zero-order valence-electron chi connectivity index (χ0n) is 14.8. The van der Waals surface area contributed by atoms with Crippen molar-refractivity contribution in [1.29, 1.82) is 0 Å². The number of rotatable bonds is 4. The van der Waals surface area contributed by atoms with E-state index in [1.165, 1.54) is 19.3 Å². The van der Waals surface area contributed by atoms with Gasteiger partial charge in [0.05, 0.1) is 12.7 Å². The summed E-state index contributed by atoms with van der Waals surface area (Å²) in [5.41, 5.74) is 1.56. The molecule has 0 spiro atoms. The van der Waals surface area contributed by atoms with Crippen LogP contribution in [0.5, 0.6) is 0 Å². The summed E-state index contributed by atoms with van der Waals surface area (Å²) in [7, 11) is 0. The molecule has 136 valence electrons. The zero-order chi connectivity index (χ0) is 17.5.